The van der Waals surface area contributed by atoms with Crippen LogP contribution in [0.5, 0.6) is 0 Å². The summed E-state index contributed by atoms with van der Waals surface area (Å²) in [6.07, 6.45) is 3.70. The number of hydrogen-bond donors (Lipinski definition) is 1. The fourth-order valence-electron chi connectivity index (χ4n) is 3.04. The Balaban J connectivity index is 1.34. The number of amides is 1. The van der Waals surface area contributed by atoms with Crippen LogP contribution < -0.4 is 5.32 Å². The van der Waals surface area contributed by atoms with Crippen LogP contribution in [-0.4, -0.2) is 21.2 Å². The monoisotopic (exact) mass is 391 g/mol. The van der Waals surface area contributed by atoms with Gasteiger partial charge in [-0.3, -0.25) is 4.79 Å². The topological polar surface area (TPSA) is 60.1 Å². The molecule has 1 amide bonds. The normalized spacial score (nSPS) is 12.2. The molecule has 2 aromatic heterocycles. The van der Waals surface area contributed by atoms with Gasteiger partial charge in [0.1, 0.15) is 11.3 Å². The highest BCUT2D eigenvalue weighted by Crippen LogP contribution is 2.24. The lowest BCUT2D eigenvalue weighted by atomic mass is 10.2. The van der Waals surface area contributed by atoms with Crippen molar-refractivity contribution in [1.29, 1.82) is 0 Å². The van der Waals surface area contributed by atoms with Gasteiger partial charge in [-0.2, -0.15) is 0 Å². The number of nitrogens with one attached hydrogen (secondary N) is 1. The van der Waals surface area contributed by atoms with Gasteiger partial charge in [0, 0.05) is 24.3 Å². The predicted octanol–water partition coefficient (Wildman–Crippen LogP) is 4.65. The first kappa shape index (κ1) is 18.4. The Hall–Kier alpha value is -2.99. The molecule has 0 radical (unpaired) electrons. The fourth-order valence-corrected chi connectivity index (χ4v) is 3.81. The second kappa shape index (κ2) is 8.35. The minimum Gasteiger partial charge on any atom is -0.459 e. The SMILES string of the molecule is C[C@@H](NC(=O)CSc1nccn1Cc1ccccc1)c1cc2ccccc2o1. The molecule has 4 rings (SSSR count). The molecule has 0 aliphatic rings. The van der Waals surface area contributed by atoms with Crippen LogP contribution >= 0.6 is 11.8 Å². The summed E-state index contributed by atoms with van der Waals surface area (Å²) < 4.78 is 7.88. The molecule has 0 saturated heterocycles. The van der Waals surface area contributed by atoms with Crippen molar-refractivity contribution in [2.75, 3.05) is 5.75 Å². The molecule has 1 atom stereocenters. The van der Waals surface area contributed by atoms with Crippen LogP contribution in [0.1, 0.15) is 24.3 Å². The summed E-state index contributed by atoms with van der Waals surface area (Å²) in [5.74, 6) is 1.01. The number of imidazole rings is 1. The van der Waals surface area contributed by atoms with Crippen molar-refractivity contribution in [2.24, 2.45) is 0 Å². The van der Waals surface area contributed by atoms with Gasteiger partial charge in [-0.15, -0.1) is 0 Å². The summed E-state index contributed by atoms with van der Waals surface area (Å²) in [5, 5.41) is 4.87. The molecule has 2 aromatic carbocycles. The zero-order valence-electron chi connectivity index (χ0n) is 15.5. The maximum atomic E-state index is 12.4. The Morgan fingerprint density at radius 1 is 1.18 bits per heavy atom. The van der Waals surface area contributed by atoms with Crippen molar-refractivity contribution in [3.63, 3.8) is 0 Å². The first-order valence-corrected chi connectivity index (χ1v) is 10.1. The van der Waals surface area contributed by atoms with Crippen LogP contribution in [-0.2, 0) is 11.3 Å². The second-order valence-corrected chi connectivity index (χ2v) is 7.53. The summed E-state index contributed by atoms with van der Waals surface area (Å²) >= 11 is 1.43. The van der Waals surface area contributed by atoms with Gasteiger partial charge in [-0.1, -0.05) is 60.3 Å². The highest BCUT2D eigenvalue weighted by molar-refractivity contribution is 7.99. The molecule has 0 fully saturated rings. The molecule has 0 aliphatic carbocycles. The van der Waals surface area contributed by atoms with E-state index >= 15 is 0 Å². The van der Waals surface area contributed by atoms with E-state index in [0.717, 1.165) is 28.4 Å². The van der Waals surface area contributed by atoms with Crippen LogP contribution in [0.25, 0.3) is 11.0 Å². The van der Waals surface area contributed by atoms with E-state index in [1.54, 1.807) is 6.20 Å². The number of para-hydroxylation sites is 1. The van der Waals surface area contributed by atoms with Gasteiger partial charge in [-0.25, -0.2) is 4.98 Å². The molecular weight excluding hydrogens is 370 g/mol. The summed E-state index contributed by atoms with van der Waals surface area (Å²) in [7, 11) is 0. The van der Waals surface area contributed by atoms with Crippen molar-refractivity contribution in [1.82, 2.24) is 14.9 Å². The molecule has 0 saturated carbocycles. The van der Waals surface area contributed by atoms with E-state index in [1.807, 2.05) is 61.7 Å². The number of fused-ring (bicyclic) bond motifs is 1. The third-order valence-corrected chi connectivity index (χ3v) is 5.46. The lowest BCUT2D eigenvalue weighted by Crippen LogP contribution is -2.28. The summed E-state index contributed by atoms with van der Waals surface area (Å²) in [6, 6.07) is 19.8. The van der Waals surface area contributed by atoms with E-state index in [9.17, 15) is 4.79 Å². The molecule has 4 aromatic rings. The average molecular weight is 391 g/mol. The molecule has 0 bridgehead atoms. The maximum Gasteiger partial charge on any atom is 0.231 e. The van der Waals surface area contributed by atoms with Crippen molar-refractivity contribution in [3.8, 4) is 0 Å². The third-order valence-electron chi connectivity index (χ3n) is 4.45. The maximum absolute atomic E-state index is 12.4. The highest BCUT2D eigenvalue weighted by Gasteiger charge is 2.15. The van der Waals surface area contributed by atoms with Crippen LogP contribution in [0.15, 0.2) is 82.6 Å². The molecule has 28 heavy (non-hydrogen) atoms. The molecular formula is C22H21N3O2S. The lowest BCUT2D eigenvalue weighted by molar-refractivity contribution is -0.119. The van der Waals surface area contributed by atoms with Crippen LogP contribution in [0.4, 0.5) is 0 Å². The van der Waals surface area contributed by atoms with E-state index in [1.165, 1.54) is 17.3 Å². The molecule has 0 aliphatic heterocycles. The number of carbonyl (C=O) groups excluding carboxylic acids is 1. The smallest absolute Gasteiger partial charge is 0.231 e. The van der Waals surface area contributed by atoms with Crippen LogP contribution in [0.2, 0.25) is 0 Å². The van der Waals surface area contributed by atoms with Gasteiger partial charge in [0.05, 0.1) is 11.8 Å². The van der Waals surface area contributed by atoms with Gasteiger partial charge >= 0.3 is 0 Å². The standard InChI is InChI=1S/C22H21N3O2S/c1-16(20-13-18-9-5-6-10-19(18)27-20)24-21(26)15-28-22-23-11-12-25(22)14-17-7-3-2-4-8-17/h2-13,16H,14-15H2,1H3,(H,24,26)/t16-/m1/s1. The number of furan rings is 1. The highest BCUT2D eigenvalue weighted by atomic mass is 32.2. The lowest BCUT2D eigenvalue weighted by Gasteiger charge is -2.11. The summed E-state index contributed by atoms with van der Waals surface area (Å²) in [4.78, 5) is 16.8. The number of thioether (sulfide) groups is 1. The predicted molar refractivity (Wildman–Crippen MR) is 111 cm³/mol. The molecule has 0 spiro atoms. The molecule has 0 unspecified atom stereocenters. The number of carbonyl (C=O) groups is 1. The first-order chi connectivity index (χ1) is 13.7. The van der Waals surface area contributed by atoms with Gasteiger partial charge in [-0.05, 0) is 24.6 Å². The number of hydrogen-bond acceptors (Lipinski definition) is 4. The number of benzene rings is 2. The Bertz CT molecular complexity index is 1040. The quantitative estimate of drug-likeness (QED) is 0.466. The molecule has 5 nitrogen and oxygen atoms in total. The van der Waals surface area contributed by atoms with Crippen molar-refractivity contribution in [3.05, 3.63) is 84.4 Å². The Kier molecular flexibility index (Phi) is 5.48. The second-order valence-electron chi connectivity index (χ2n) is 6.59. The van der Waals surface area contributed by atoms with Gasteiger partial charge < -0.3 is 14.3 Å². The van der Waals surface area contributed by atoms with E-state index < -0.39 is 0 Å². The zero-order valence-corrected chi connectivity index (χ0v) is 16.4. The minimum atomic E-state index is -0.190. The van der Waals surface area contributed by atoms with E-state index in [2.05, 4.69) is 27.0 Å². The summed E-state index contributed by atoms with van der Waals surface area (Å²) in [5.41, 5.74) is 2.03. The van der Waals surface area contributed by atoms with Crippen LogP contribution in [0, 0.1) is 0 Å². The first-order valence-electron chi connectivity index (χ1n) is 9.15. The Morgan fingerprint density at radius 2 is 1.96 bits per heavy atom. The Morgan fingerprint density at radius 3 is 2.79 bits per heavy atom. The largest absolute Gasteiger partial charge is 0.459 e. The van der Waals surface area contributed by atoms with Crippen LogP contribution in [0.3, 0.4) is 0 Å². The van der Waals surface area contributed by atoms with E-state index in [0.29, 0.717) is 5.75 Å². The van der Waals surface area contributed by atoms with Gasteiger partial charge in [0.2, 0.25) is 5.91 Å². The molecule has 6 heteroatoms. The molecule has 1 N–H and O–H groups in total. The van der Waals surface area contributed by atoms with E-state index in [-0.39, 0.29) is 11.9 Å². The molecule has 2 heterocycles. The number of nitrogens with zero attached hydrogens (tertiary/aromatic N) is 2. The number of aromatic nitrogens is 2. The number of rotatable bonds is 7. The average Bonchev–Trinajstić information content (AvgIpc) is 3.34. The third kappa shape index (κ3) is 4.28. The van der Waals surface area contributed by atoms with Gasteiger partial charge in [0.15, 0.2) is 5.16 Å². The minimum absolute atomic E-state index is 0.0489. The Labute approximate surface area is 167 Å². The van der Waals surface area contributed by atoms with Crippen molar-refractivity contribution >= 4 is 28.6 Å². The fraction of sp³-hybridized carbons (Fsp3) is 0.182. The molecule has 142 valence electrons. The summed E-state index contributed by atoms with van der Waals surface area (Å²) in [6.45, 7) is 2.66. The van der Waals surface area contributed by atoms with Crippen molar-refractivity contribution < 1.29 is 9.21 Å². The zero-order chi connectivity index (χ0) is 19.3. The van der Waals surface area contributed by atoms with Crippen molar-refractivity contribution in [2.45, 2.75) is 24.7 Å². The van der Waals surface area contributed by atoms with Gasteiger partial charge in [0.25, 0.3) is 0 Å². The van der Waals surface area contributed by atoms with E-state index in [4.69, 9.17) is 4.42 Å².